The average Bonchev–Trinajstić information content (AvgIpc) is 3.34. The van der Waals surface area contributed by atoms with Gasteiger partial charge in [-0.15, -0.1) is 0 Å². The van der Waals surface area contributed by atoms with Gasteiger partial charge in [-0.1, -0.05) is 0 Å². The van der Waals surface area contributed by atoms with E-state index in [9.17, 15) is 18.0 Å². The standard InChI is InChI=1S/C16H20BrF2N7O4S/c1-25(2)31(28,29)26-6-5-16(19,9-26)8-20-14-13(23-30-24-14)15(22-27)21-10-3-4-12(18)11(17)7-10/h3-4,7,27H,5-6,8-9H2,1-2H3,(H,20,24)(H,21,22)/t16-/m0/s1. The highest BCUT2D eigenvalue weighted by atomic mass is 79.9. The SMILES string of the molecule is CN(C)S(=O)(=O)N1CC[C@](F)(CNc2nonc2C(=Nc2ccc(F)c(Br)c2)NO)C1. The van der Waals surface area contributed by atoms with Gasteiger partial charge in [-0.3, -0.25) is 10.7 Å². The number of aromatic nitrogens is 2. The van der Waals surface area contributed by atoms with Crippen LogP contribution in [0.1, 0.15) is 12.1 Å². The second kappa shape index (κ2) is 9.12. The molecule has 170 valence electrons. The molecule has 3 N–H and O–H groups in total. The number of hydrogen-bond acceptors (Lipinski definition) is 8. The Morgan fingerprint density at radius 1 is 1.45 bits per heavy atom. The highest BCUT2D eigenvalue weighted by Gasteiger charge is 2.44. The first-order valence-corrected chi connectivity index (χ1v) is 11.1. The van der Waals surface area contributed by atoms with Crippen molar-refractivity contribution in [2.75, 3.05) is 39.0 Å². The molecule has 3 rings (SSSR count). The molecule has 31 heavy (non-hydrogen) atoms. The maximum Gasteiger partial charge on any atom is 0.281 e. The third-order valence-electron chi connectivity index (χ3n) is 4.59. The monoisotopic (exact) mass is 523 g/mol. The van der Waals surface area contributed by atoms with E-state index in [1.54, 1.807) is 0 Å². The number of halogens is 3. The van der Waals surface area contributed by atoms with Crippen molar-refractivity contribution in [3.05, 3.63) is 34.2 Å². The molecule has 1 aliphatic heterocycles. The first-order valence-electron chi connectivity index (χ1n) is 8.93. The molecule has 0 saturated carbocycles. The van der Waals surface area contributed by atoms with Crippen LogP contribution in [0.2, 0.25) is 0 Å². The van der Waals surface area contributed by atoms with Crippen LogP contribution in [0.4, 0.5) is 20.3 Å². The lowest BCUT2D eigenvalue weighted by molar-refractivity contribution is 0.196. The summed E-state index contributed by atoms with van der Waals surface area (Å²) < 4.78 is 59.9. The van der Waals surface area contributed by atoms with E-state index in [0.717, 1.165) is 8.61 Å². The number of hydroxylamine groups is 1. The summed E-state index contributed by atoms with van der Waals surface area (Å²) in [6.45, 7) is -0.578. The molecule has 1 fully saturated rings. The van der Waals surface area contributed by atoms with Crippen LogP contribution in [0.15, 0.2) is 32.3 Å². The lowest BCUT2D eigenvalue weighted by Gasteiger charge is -2.23. The van der Waals surface area contributed by atoms with E-state index >= 15 is 4.39 Å². The fraction of sp³-hybridized carbons (Fsp3) is 0.438. The van der Waals surface area contributed by atoms with Crippen molar-refractivity contribution < 1.29 is 27.0 Å². The van der Waals surface area contributed by atoms with Gasteiger partial charge in [0.15, 0.2) is 11.5 Å². The fourth-order valence-electron chi connectivity index (χ4n) is 2.89. The van der Waals surface area contributed by atoms with Gasteiger partial charge < -0.3 is 5.32 Å². The summed E-state index contributed by atoms with van der Waals surface area (Å²) in [5, 5.41) is 19.5. The fourth-order valence-corrected chi connectivity index (χ4v) is 4.43. The van der Waals surface area contributed by atoms with Crippen molar-refractivity contribution in [2.24, 2.45) is 4.99 Å². The van der Waals surface area contributed by atoms with Crippen LogP contribution in [0.5, 0.6) is 0 Å². The predicted molar refractivity (Wildman–Crippen MR) is 111 cm³/mol. The maximum atomic E-state index is 15.2. The Labute approximate surface area is 185 Å². The molecule has 0 amide bonds. The zero-order valence-corrected chi connectivity index (χ0v) is 18.9. The van der Waals surface area contributed by atoms with Crippen molar-refractivity contribution in [3.63, 3.8) is 0 Å². The van der Waals surface area contributed by atoms with Crippen molar-refractivity contribution in [1.82, 2.24) is 24.4 Å². The average molecular weight is 524 g/mol. The molecule has 0 radical (unpaired) electrons. The third kappa shape index (κ3) is 5.17. The maximum absolute atomic E-state index is 15.2. The van der Waals surface area contributed by atoms with E-state index in [4.69, 9.17) is 0 Å². The highest BCUT2D eigenvalue weighted by molar-refractivity contribution is 9.10. The summed E-state index contributed by atoms with van der Waals surface area (Å²) in [5.41, 5.74) is 0.225. The van der Waals surface area contributed by atoms with Gasteiger partial charge in [0.2, 0.25) is 5.82 Å². The number of benzene rings is 1. The molecule has 0 bridgehead atoms. The number of alkyl halides is 1. The summed E-state index contributed by atoms with van der Waals surface area (Å²) >= 11 is 3.04. The quantitative estimate of drug-likeness (QED) is 0.283. The molecule has 1 aliphatic rings. The van der Waals surface area contributed by atoms with Crippen LogP contribution in [0.3, 0.4) is 0 Å². The normalized spacial score (nSPS) is 20.4. The molecule has 11 nitrogen and oxygen atoms in total. The van der Waals surface area contributed by atoms with Crippen LogP contribution in [-0.4, -0.2) is 77.8 Å². The minimum absolute atomic E-state index is 0.0174. The third-order valence-corrected chi connectivity index (χ3v) is 7.09. The Kier molecular flexibility index (Phi) is 6.90. The van der Waals surface area contributed by atoms with Gasteiger partial charge in [0.1, 0.15) is 11.5 Å². The highest BCUT2D eigenvalue weighted by Crippen LogP contribution is 2.29. The van der Waals surface area contributed by atoms with Gasteiger partial charge in [-0.25, -0.2) is 18.4 Å². The molecular weight excluding hydrogens is 504 g/mol. The molecule has 2 aromatic rings. The van der Waals surface area contributed by atoms with E-state index in [2.05, 4.69) is 41.2 Å². The van der Waals surface area contributed by atoms with Gasteiger partial charge >= 0.3 is 0 Å². The Morgan fingerprint density at radius 2 is 2.19 bits per heavy atom. The second-order valence-corrected chi connectivity index (χ2v) is 10.0. The molecular formula is C16H20BrF2N7O4S. The first kappa shape index (κ1) is 23.5. The number of aliphatic imine (C=N–C) groups is 1. The number of nitrogens with one attached hydrogen (secondary N) is 2. The second-order valence-electron chi connectivity index (χ2n) is 7.01. The topological polar surface area (TPSA) is 136 Å². The van der Waals surface area contributed by atoms with Crippen molar-refractivity contribution >= 4 is 43.5 Å². The van der Waals surface area contributed by atoms with E-state index in [0.29, 0.717) is 0 Å². The summed E-state index contributed by atoms with van der Waals surface area (Å²) in [5.74, 6) is -0.691. The number of anilines is 1. The van der Waals surface area contributed by atoms with E-state index < -0.39 is 21.7 Å². The zero-order valence-electron chi connectivity index (χ0n) is 16.5. The minimum Gasteiger partial charge on any atom is -0.362 e. The Morgan fingerprint density at radius 3 is 2.84 bits per heavy atom. The predicted octanol–water partition coefficient (Wildman–Crippen LogP) is 1.66. The van der Waals surface area contributed by atoms with E-state index in [1.165, 1.54) is 32.3 Å². The van der Waals surface area contributed by atoms with Crippen LogP contribution in [0.25, 0.3) is 0 Å². The van der Waals surface area contributed by atoms with Crippen LogP contribution < -0.4 is 10.8 Å². The summed E-state index contributed by atoms with van der Waals surface area (Å²) in [6, 6.07) is 3.92. The van der Waals surface area contributed by atoms with Gasteiger partial charge in [-0.05, 0) is 50.9 Å². The molecule has 15 heteroatoms. The number of hydrogen-bond donors (Lipinski definition) is 3. The van der Waals surface area contributed by atoms with Crippen molar-refractivity contribution in [3.8, 4) is 0 Å². The lowest BCUT2D eigenvalue weighted by atomic mass is 10.1. The lowest BCUT2D eigenvalue weighted by Crippen LogP contribution is -2.42. The van der Waals surface area contributed by atoms with Crippen LogP contribution in [-0.2, 0) is 10.2 Å². The van der Waals surface area contributed by atoms with Gasteiger partial charge in [-0.2, -0.15) is 17.0 Å². The Hall–Kier alpha value is -2.20. The molecule has 1 aromatic carbocycles. The van der Waals surface area contributed by atoms with Crippen LogP contribution in [0, 0.1) is 5.82 Å². The summed E-state index contributed by atoms with van der Waals surface area (Å²) in [7, 11) is -0.974. The van der Waals surface area contributed by atoms with Gasteiger partial charge in [0.25, 0.3) is 10.2 Å². The zero-order chi connectivity index (χ0) is 22.8. The number of nitrogens with zero attached hydrogens (tertiary/aromatic N) is 5. The Balaban J connectivity index is 1.74. The van der Waals surface area contributed by atoms with Gasteiger partial charge in [0.05, 0.1) is 23.2 Å². The largest absolute Gasteiger partial charge is 0.362 e. The van der Waals surface area contributed by atoms with Crippen LogP contribution >= 0.6 is 15.9 Å². The number of rotatable bonds is 7. The van der Waals surface area contributed by atoms with Gasteiger partial charge in [0, 0.05) is 20.6 Å². The Bertz CT molecular complexity index is 1080. The molecule has 1 aromatic heterocycles. The molecule has 2 heterocycles. The number of amidine groups is 1. The molecule has 1 atom stereocenters. The molecule has 0 aliphatic carbocycles. The van der Waals surface area contributed by atoms with E-state index in [-0.39, 0.29) is 53.6 Å². The van der Waals surface area contributed by atoms with Crippen molar-refractivity contribution in [2.45, 2.75) is 12.1 Å². The minimum atomic E-state index is -3.73. The van der Waals surface area contributed by atoms with E-state index in [1.807, 2.05) is 5.48 Å². The van der Waals surface area contributed by atoms with Crippen molar-refractivity contribution in [1.29, 1.82) is 0 Å². The smallest absolute Gasteiger partial charge is 0.281 e. The molecule has 1 saturated heterocycles. The summed E-state index contributed by atoms with van der Waals surface area (Å²) in [4.78, 5) is 4.11. The molecule has 0 unspecified atom stereocenters. The summed E-state index contributed by atoms with van der Waals surface area (Å²) in [6.07, 6.45) is -0.0174. The first-order chi connectivity index (χ1) is 14.6. The molecule has 0 spiro atoms.